The van der Waals surface area contributed by atoms with Crippen LogP contribution in [0, 0.1) is 11.3 Å². The van der Waals surface area contributed by atoms with Crippen LogP contribution in [0.4, 0.5) is 0 Å². The molecule has 0 bridgehead atoms. The van der Waals surface area contributed by atoms with Gasteiger partial charge in [-0.2, -0.15) is 10.2 Å². The molecule has 0 spiro atoms. The Morgan fingerprint density at radius 2 is 2.12 bits per heavy atom. The highest BCUT2D eigenvalue weighted by Gasteiger charge is 2.23. The molecule has 1 saturated carbocycles. The molecule has 3 aromatic rings. The maximum Gasteiger partial charge on any atom is 0.274 e. The van der Waals surface area contributed by atoms with Crippen LogP contribution in [0.3, 0.4) is 0 Å². The Kier molecular flexibility index (Phi) is 3.35. The van der Waals surface area contributed by atoms with Crippen molar-refractivity contribution in [3.05, 3.63) is 47.7 Å². The smallest absolute Gasteiger partial charge is 0.274 e. The third-order valence-electron chi connectivity index (χ3n) is 3.79. The van der Waals surface area contributed by atoms with Crippen LogP contribution in [0.25, 0.3) is 23.0 Å². The lowest BCUT2D eigenvalue weighted by molar-refractivity contribution is 0.0951. The van der Waals surface area contributed by atoms with E-state index in [-0.39, 0.29) is 5.91 Å². The SMILES string of the molecule is N#Cc1c[nH]c(-c2nc(-c3ccc(C(=O)NC4CC4)cc3)no2)c1. The minimum Gasteiger partial charge on any atom is -0.356 e. The molecule has 1 fully saturated rings. The molecule has 118 valence electrons. The van der Waals surface area contributed by atoms with Gasteiger partial charge >= 0.3 is 0 Å². The molecule has 4 rings (SSSR count). The molecule has 0 saturated heterocycles. The van der Waals surface area contributed by atoms with Gasteiger partial charge in [0, 0.05) is 23.4 Å². The van der Waals surface area contributed by atoms with E-state index in [0.29, 0.717) is 34.6 Å². The average molecular weight is 319 g/mol. The predicted octanol–water partition coefficient (Wildman–Crippen LogP) is 2.50. The van der Waals surface area contributed by atoms with Crippen molar-refractivity contribution in [2.75, 3.05) is 0 Å². The van der Waals surface area contributed by atoms with Crippen LogP contribution in [-0.4, -0.2) is 27.1 Å². The highest BCUT2D eigenvalue weighted by Crippen LogP contribution is 2.23. The topological polar surface area (TPSA) is 108 Å². The van der Waals surface area contributed by atoms with Gasteiger partial charge in [-0.15, -0.1) is 0 Å². The number of carbonyl (C=O) groups is 1. The minimum absolute atomic E-state index is 0.0618. The van der Waals surface area contributed by atoms with E-state index in [0.717, 1.165) is 18.4 Å². The maximum atomic E-state index is 12.0. The summed E-state index contributed by atoms with van der Waals surface area (Å²) >= 11 is 0. The second-order valence-corrected chi connectivity index (χ2v) is 5.66. The Hall–Kier alpha value is -3.40. The van der Waals surface area contributed by atoms with Crippen molar-refractivity contribution in [2.45, 2.75) is 18.9 Å². The van der Waals surface area contributed by atoms with Gasteiger partial charge < -0.3 is 14.8 Å². The normalized spacial score (nSPS) is 13.5. The van der Waals surface area contributed by atoms with Crippen LogP contribution in [-0.2, 0) is 0 Å². The predicted molar refractivity (Wildman–Crippen MR) is 84.7 cm³/mol. The van der Waals surface area contributed by atoms with E-state index in [1.807, 2.05) is 6.07 Å². The Labute approximate surface area is 137 Å². The second kappa shape index (κ2) is 5.66. The molecular formula is C17H13N5O2. The number of carbonyl (C=O) groups excluding carboxylic acids is 1. The molecule has 1 aliphatic rings. The molecule has 24 heavy (non-hydrogen) atoms. The zero-order chi connectivity index (χ0) is 16.5. The van der Waals surface area contributed by atoms with Gasteiger partial charge in [0.1, 0.15) is 11.8 Å². The number of aromatic amines is 1. The first-order valence-corrected chi connectivity index (χ1v) is 7.57. The fourth-order valence-electron chi connectivity index (χ4n) is 2.30. The molecule has 2 heterocycles. The first-order valence-electron chi connectivity index (χ1n) is 7.57. The van der Waals surface area contributed by atoms with Crippen molar-refractivity contribution in [2.24, 2.45) is 0 Å². The number of nitriles is 1. The molecule has 1 amide bonds. The molecule has 0 unspecified atom stereocenters. The first-order chi connectivity index (χ1) is 11.7. The van der Waals surface area contributed by atoms with Crippen molar-refractivity contribution in [1.82, 2.24) is 20.4 Å². The number of hydrogen-bond acceptors (Lipinski definition) is 5. The molecule has 2 N–H and O–H groups in total. The van der Waals surface area contributed by atoms with Crippen LogP contribution in [0.1, 0.15) is 28.8 Å². The standard InChI is InChI=1S/C17H13N5O2/c18-8-10-7-14(19-9-10)17-21-15(22-24-17)11-1-3-12(4-2-11)16(23)20-13-5-6-13/h1-4,7,9,13,19H,5-6H2,(H,20,23). The van der Waals surface area contributed by atoms with Gasteiger partial charge in [0.05, 0.1) is 5.56 Å². The monoisotopic (exact) mass is 319 g/mol. The molecule has 0 radical (unpaired) electrons. The highest BCUT2D eigenvalue weighted by molar-refractivity contribution is 5.94. The van der Waals surface area contributed by atoms with E-state index in [1.165, 1.54) is 0 Å². The summed E-state index contributed by atoms with van der Waals surface area (Å²) in [6, 6.07) is 11.1. The van der Waals surface area contributed by atoms with Crippen molar-refractivity contribution < 1.29 is 9.32 Å². The number of rotatable bonds is 4. The van der Waals surface area contributed by atoms with Gasteiger partial charge in [0.15, 0.2) is 0 Å². The number of aromatic nitrogens is 3. The molecular weight excluding hydrogens is 306 g/mol. The Morgan fingerprint density at radius 3 is 2.79 bits per heavy atom. The summed E-state index contributed by atoms with van der Waals surface area (Å²) in [5.41, 5.74) is 2.44. The molecule has 1 aromatic carbocycles. The summed E-state index contributed by atoms with van der Waals surface area (Å²) in [5.74, 6) is 0.669. The minimum atomic E-state index is -0.0618. The summed E-state index contributed by atoms with van der Waals surface area (Å²) < 4.78 is 5.22. The second-order valence-electron chi connectivity index (χ2n) is 5.66. The Morgan fingerprint density at radius 1 is 1.33 bits per heavy atom. The van der Waals surface area contributed by atoms with Crippen LogP contribution >= 0.6 is 0 Å². The lowest BCUT2D eigenvalue weighted by atomic mass is 10.1. The van der Waals surface area contributed by atoms with Crippen LogP contribution in [0.5, 0.6) is 0 Å². The lowest BCUT2D eigenvalue weighted by Crippen LogP contribution is -2.25. The first kappa shape index (κ1) is 14.2. The number of amides is 1. The Bertz CT molecular complexity index is 929. The third-order valence-corrected chi connectivity index (χ3v) is 3.79. The van der Waals surface area contributed by atoms with E-state index in [2.05, 4.69) is 20.4 Å². The number of nitrogens with one attached hydrogen (secondary N) is 2. The van der Waals surface area contributed by atoms with Gasteiger partial charge in [0.25, 0.3) is 11.8 Å². The number of benzene rings is 1. The van der Waals surface area contributed by atoms with E-state index >= 15 is 0 Å². The fourth-order valence-corrected chi connectivity index (χ4v) is 2.30. The summed E-state index contributed by atoms with van der Waals surface area (Å²) in [4.78, 5) is 19.2. The van der Waals surface area contributed by atoms with Crippen molar-refractivity contribution >= 4 is 5.91 Å². The van der Waals surface area contributed by atoms with Crippen molar-refractivity contribution in [1.29, 1.82) is 5.26 Å². The quantitative estimate of drug-likeness (QED) is 0.768. The summed E-state index contributed by atoms with van der Waals surface area (Å²) in [5, 5.41) is 15.7. The molecule has 1 aliphatic carbocycles. The van der Waals surface area contributed by atoms with E-state index in [9.17, 15) is 4.79 Å². The summed E-state index contributed by atoms with van der Waals surface area (Å²) in [7, 11) is 0. The van der Waals surface area contributed by atoms with Gasteiger partial charge in [-0.25, -0.2) is 0 Å². The van der Waals surface area contributed by atoms with Gasteiger partial charge in [-0.05, 0) is 31.0 Å². The molecule has 7 heteroatoms. The van der Waals surface area contributed by atoms with E-state index in [4.69, 9.17) is 9.78 Å². The molecule has 0 aliphatic heterocycles. The van der Waals surface area contributed by atoms with Gasteiger partial charge in [-0.3, -0.25) is 4.79 Å². The fraction of sp³-hybridized carbons (Fsp3) is 0.176. The maximum absolute atomic E-state index is 12.0. The summed E-state index contributed by atoms with van der Waals surface area (Å²) in [6.45, 7) is 0. The average Bonchev–Trinajstić information content (AvgIpc) is 3.12. The summed E-state index contributed by atoms with van der Waals surface area (Å²) in [6.07, 6.45) is 3.69. The lowest BCUT2D eigenvalue weighted by Gasteiger charge is -2.03. The number of hydrogen-bond donors (Lipinski definition) is 2. The van der Waals surface area contributed by atoms with Gasteiger partial charge in [0.2, 0.25) is 5.82 Å². The van der Waals surface area contributed by atoms with Crippen molar-refractivity contribution in [3.63, 3.8) is 0 Å². The third kappa shape index (κ3) is 2.77. The Balaban J connectivity index is 1.53. The van der Waals surface area contributed by atoms with Gasteiger partial charge in [-0.1, -0.05) is 17.3 Å². The van der Waals surface area contributed by atoms with Crippen LogP contribution < -0.4 is 5.32 Å². The number of H-pyrrole nitrogens is 1. The zero-order valence-corrected chi connectivity index (χ0v) is 12.6. The van der Waals surface area contributed by atoms with Crippen molar-refractivity contribution in [3.8, 4) is 29.0 Å². The largest absolute Gasteiger partial charge is 0.356 e. The molecule has 2 aromatic heterocycles. The molecule has 0 atom stereocenters. The van der Waals surface area contributed by atoms with Crippen LogP contribution in [0.15, 0.2) is 41.1 Å². The van der Waals surface area contributed by atoms with Crippen LogP contribution in [0.2, 0.25) is 0 Å². The number of nitrogens with zero attached hydrogens (tertiary/aromatic N) is 3. The molecule has 7 nitrogen and oxygen atoms in total. The highest BCUT2D eigenvalue weighted by atomic mass is 16.5. The zero-order valence-electron chi connectivity index (χ0n) is 12.6. The van der Waals surface area contributed by atoms with E-state index in [1.54, 1.807) is 36.5 Å². The van der Waals surface area contributed by atoms with E-state index < -0.39 is 0 Å².